The summed E-state index contributed by atoms with van der Waals surface area (Å²) in [6, 6.07) is 9.18. The summed E-state index contributed by atoms with van der Waals surface area (Å²) in [5.41, 5.74) is -0.741. The van der Waals surface area contributed by atoms with Crippen molar-refractivity contribution in [3.63, 3.8) is 0 Å². The third kappa shape index (κ3) is 3.12. The largest absolute Gasteiger partial charge is 0.464 e. The van der Waals surface area contributed by atoms with Crippen LogP contribution in [0.5, 0.6) is 0 Å². The minimum absolute atomic E-state index is 0.145. The summed E-state index contributed by atoms with van der Waals surface area (Å²) in [4.78, 5) is 11.8. The van der Waals surface area contributed by atoms with Crippen LogP contribution in [-0.4, -0.2) is 12.6 Å². The summed E-state index contributed by atoms with van der Waals surface area (Å²) in [6.07, 6.45) is 5.49. The SMILES string of the molecule is C#CC(C#N)(Cc1ccc(Br)cc1)C(=O)OCC. The van der Waals surface area contributed by atoms with E-state index in [2.05, 4.69) is 21.9 Å². The Bertz CT molecular complexity index is 494. The first-order valence-corrected chi connectivity index (χ1v) is 6.18. The van der Waals surface area contributed by atoms with Gasteiger partial charge in [-0.15, -0.1) is 6.42 Å². The molecule has 0 aliphatic carbocycles. The number of halogens is 1. The van der Waals surface area contributed by atoms with Gasteiger partial charge in [-0.05, 0) is 24.6 Å². The summed E-state index contributed by atoms with van der Waals surface area (Å²) in [5, 5.41) is 9.19. The Balaban J connectivity index is 3.01. The highest BCUT2D eigenvalue weighted by Crippen LogP contribution is 2.24. The maximum atomic E-state index is 11.8. The minimum Gasteiger partial charge on any atom is -0.464 e. The lowest BCUT2D eigenvalue weighted by Gasteiger charge is -2.18. The molecule has 0 N–H and O–H groups in total. The molecule has 0 spiro atoms. The summed E-state index contributed by atoms with van der Waals surface area (Å²) < 4.78 is 5.79. The molecule has 1 aromatic rings. The van der Waals surface area contributed by atoms with E-state index in [0.717, 1.165) is 10.0 Å². The van der Waals surface area contributed by atoms with Crippen molar-refractivity contribution < 1.29 is 9.53 Å². The van der Waals surface area contributed by atoms with Crippen LogP contribution in [0.15, 0.2) is 28.7 Å². The zero-order chi connectivity index (χ0) is 13.6. The third-order valence-corrected chi connectivity index (χ3v) is 2.97. The number of terminal acetylenes is 1. The van der Waals surface area contributed by atoms with E-state index in [1.807, 2.05) is 30.3 Å². The molecule has 1 rings (SSSR count). The molecule has 3 nitrogen and oxygen atoms in total. The minimum atomic E-state index is -1.55. The van der Waals surface area contributed by atoms with Crippen LogP contribution in [0.25, 0.3) is 0 Å². The van der Waals surface area contributed by atoms with Gasteiger partial charge in [-0.2, -0.15) is 5.26 Å². The average Bonchev–Trinajstić information content (AvgIpc) is 2.38. The number of hydrogen-bond donors (Lipinski definition) is 0. The fraction of sp³-hybridized carbons (Fsp3) is 0.286. The Morgan fingerprint density at radius 1 is 1.50 bits per heavy atom. The Kier molecular flexibility index (Phi) is 4.95. The van der Waals surface area contributed by atoms with Crippen LogP contribution < -0.4 is 0 Å². The quantitative estimate of drug-likeness (QED) is 0.635. The Morgan fingerprint density at radius 3 is 2.56 bits per heavy atom. The molecule has 92 valence electrons. The monoisotopic (exact) mass is 305 g/mol. The number of rotatable bonds is 4. The van der Waals surface area contributed by atoms with Gasteiger partial charge in [-0.25, -0.2) is 4.79 Å². The number of carbonyl (C=O) groups excluding carboxylic acids is 1. The van der Waals surface area contributed by atoms with Crippen LogP contribution in [-0.2, 0) is 16.0 Å². The average molecular weight is 306 g/mol. The van der Waals surface area contributed by atoms with Gasteiger partial charge in [0.25, 0.3) is 0 Å². The lowest BCUT2D eigenvalue weighted by Crippen LogP contribution is -2.32. The van der Waals surface area contributed by atoms with Gasteiger partial charge in [0, 0.05) is 10.9 Å². The van der Waals surface area contributed by atoms with E-state index in [4.69, 9.17) is 11.2 Å². The highest BCUT2D eigenvalue weighted by Gasteiger charge is 2.38. The van der Waals surface area contributed by atoms with Gasteiger partial charge < -0.3 is 4.74 Å². The normalized spacial score (nSPS) is 12.9. The van der Waals surface area contributed by atoms with E-state index >= 15 is 0 Å². The van der Waals surface area contributed by atoms with Crippen molar-refractivity contribution in [1.82, 2.24) is 0 Å². The Hall–Kier alpha value is -1.78. The van der Waals surface area contributed by atoms with Crippen LogP contribution >= 0.6 is 15.9 Å². The zero-order valence-electron chi connectivity index (χ0n) is 9.94. The van der Waals surface area contributed by atoms with Gasteiger partial charge in [0.05, 0.1) is 12.7 Å². The highest BCUT2D eigenvalue weighted by atomic mass is 79.9. The molecule has 0 heterocycles. The molecule has 4 heteroatoms. The number of carbonyl (C=O) groups is 1. The second kappa shape index (κ2) is 6.23. The summed E-state index contributed by atoms with van der Waals surface area (Å²) in [7, 11) is 0. The van der Waals surface area contributed by atoms with Crippen molar-refractivity contribution in [2.75, 3.05) is 6.61 Å². The number of ether oxygens (including phenoxy) is 1. The maximum absolute atomic E-state index is 11.8. The molecule has 18 heavy (non-hydrogen) atoms. The van der Waals surface area contributed by atoms with Crippen LogP contribution in [0.3, 0.4) is 0 Å². The molecule has 0 aromatic heterocycles. The molecule has 1 atom stereocenters. The number of esters is 1. The first kappa shape index (κ1) is 14.3. The van der Waals surface area contributed by atoms with Gasteiger partial charge in [-0.1, -0.05) is 34.0 Å². The second-order valence-electron chi connectivity index (χ2n) is 3.69. The molecular weight excluding hydrogens is 294 g/mol. The summed E-state index contributed by atoms with van der Waals surface area (Å²) in [5.74, 6) is 1.60. The molecule has 0 bridgehead atoms. The molecular formula is C14H12BrNO2. The van der Waals surface area contributed by atoms with E-state index < -0.39 is 11.4 Å². The summed E-state index contributed by atoms with van der Waals surface area (Å²) >= 11 is 3.32. The Morgan fingerprint density at radius 2 is 2.11 bits per heavy atom. The molecule has 0 aliphatic heterocycles. The van der Waals surface area contributed by atoms with E-state index in [1.165, 1.54) is 0 Å². The highest BCUT2D eigenvalue weighted by molar-refractivity contribution is 9.10. The van der Waals surface area contributed by atoms with Crippen molar-refractivity contribution >= 4 is 21.9 Å². The molecule has 0 saturated heterocycles. The smallest absolute Gasteiger partial charge is 0.339 e. The van der Waals surface area contributed by atoms with Crippen molar-refractivity contribution in [3.05, 3.63) is 34.3 Å². The van der Waals surface area contributed by atoms with E-state index in [1.54, 1.807) is 6.92 Å². The van der Waals surface area contributed by atoms with Crippen LogP contribution in [0.4, 0.5) is 0 Å². The molecule has 0 saturated carbocycles. The van der Waals surface area contributed by atoms with E-state index in [0.29, 0.717) is 0 Å². The van der Waals surface area contributed by atoms with Crippen LogP contribution in [0, 0.1) is 29.1 Å². The second-order valence-corrected chi connectivity index (χ2v) is 4.60. The van der Waals surface area contributed by atoms with Crippen molar-refractivity contribution in [2.45, 2.75) is 13.3 Å². The standard InChI is InChI=1S/C14H12BrNO2/c1-3-14(10-16,13(17)18-4-2)9-11-5-7-12(15)8-6-11/h1,5-8H,4,9H2,2H3. The van der Waals surface area contributed by atoms with Crippen LogP contribution in [0.1, 0.15) is 12.5 Å². The maximum Gasteiger partial charge on any atom is 0.339 e. The van der Waals surface area contributed by atoms with Gasteiger partial charge in [0.2, 0.25) is 5.41 Å². The molecule has 0 radical (unpaired) electrons. The number of benzene rings is 1. The number of hydrogen-bond acceptors (Lipinski definition) is 3. The van der Waals surface area contributed by atoms with Crippen molar-refractivity contribution in [2.24, 2.45) is 5.41 Å². The van der Waals surface area contributed by atoms with E-state index in [-0.39, 0.29) is 13.0 Å². The lowest BCUT2D eigenvalue weighted by atomic mass is 9.84. The molecule has 0 amide bonds. The predicted molar refractivity (Wildman–Crippen MR) is 71.4 cm³/mol. The third-order valence-electron chi connectivity index (χ3n) is 2.44. The van der Waals surface area contributed by atoms with Crippen molar-refractivity contribution in [1.29, 1.82) is 5.26 Å². The molecule has 1 aromatic carbocycles. The van der Waals surface area contributed by atoms with Crippen molar-refractivity contribution in [3.8, 4) is 18.4 Å². The Labute approximate surface area is 115 Å². The number of nitriles is 1. The zero-order valence-corrected chi connectivity index (χ0v) is 11.5. The first-order chi connectivity index (χ1) is 8.57. The fourth-order valence-corrected chi connectivity index (χ4v) is 1.73. The van der Waals surface area contributed by atoms with Gasteiger partial charge >= 0.3 is 5.97 Å². The van der Waals surface area contributed by atoms with Gasteiger partial charge in [0.15, 0.2) is 0 Å². The molecule has 0 fully saturated rings. The number of nitrogens with zero attached hydrogens (tertiary/aromatic N) is 1. The summed E-state index contributed by atoms with van der Waals surface area (Å²) in [6.45, 7) is 1.88. The van der Waals surface area contributed by atoms with Gasteiger partial charge in [-0.3, -0.25) is 0 Å². The molecule has 1 unspecified atom stereocenters. The predicted octanol–water partition coefficient (Wildman–Crippen LogP) is 2.70. The van der Waals surface area contributed by atoms with Crippen LogP contribution in [0.2, 0.25) is 0 Å². The fourth-order valence-electron chi connectivity index (χ4n) is 1.46. The first-order valence-electron chi connectivity index (χ1n) is 5.38. The lowest BCUT2D eigenvalue weighted by molar-refractivity contribution is -0.149. The molecule has 0 aliphatic rings. The van der Waals surface area contributed by atoms with E-state index in [9.17, 15) is 10.1 Å². The topological polar surface area (TPSA) is 50.1 Å². The van der Waals surface area contributed by atoms with Gasteiger partial charge in [0.1, 0.15) is 0 Å².